The molecule has 0 saturated heterocycles. The van der Waals surface area contributed by atoms with Gasteiger partial charge in [-0.3, -0.25) is 0 Å². The predicted octanol–water partition coefficient (Wildman–Crippen LogP) is 30.4. The van der Waals surface area contributed by atoms with Crippen LogP contribution in [0.15, 0.2) is 388 Å². The second-order valence-corrected chi connectivity index (χ2v) is 43.9. The van der Waals surface area contributed by atoms with Gasteiger partial charge < -0.3 is 24.2 Å². The number of rotatable bonds is 9. The molecule has 5 nitrogen and oxygen atoms in total. The summed E-state index contributed by atoms with van der Waals surface area (Å²) >= 11 is 0. The van der Waals surface area contributed by atoms with E-state index in [4.69, 9.17) is 0 Å². The van der Waals surface area contributed by atoms with E-state index in [9.17, 15) is 0 Å². The highest BCUT2D eigenvalue weighted by atomic mass is 15.2. The largest absolute Gasteiger partial charge is 0.311 e. The summed E-state index contributed by atoms with van der Waals surface area (Å²) in [5.41, 5.74) is 48.6. The smallest absolute Gasteiger partial charge is 0.252 e. The van der Waals surface area contributed by atoms with E-state index in [2.05, 4.69) is 516 Å². The van der Waals surface area contributed by atoms with Crippen LogP contribution in [0.1, 0.15) is 154 Å². The molecule has 0 amide bonds. The van der Waals surface area contributed by atoms with E-state index in [1.807, 2.05) is 0 Å². The van der Waals surface area contributed by atoms with Gasteiger partial charge in [-0.25, -0.2) is 0 Å². The zero-order chi connectivity index (χ0) is 92.7. The number of nitrogens with zero attached hydrogens (tertiary/aromatic N) is 5. The van der Waals surface area contributed by atoms with Crippen molar-refractivity contribution in [2.45, 2.75) is 136 Å². The lowest BCUT2D eigenvalue weighted by Crippen LogP contribution is -2.65. The van der Waals surface area contributed by atoms with Gasteiger partial charge in [-0.15, -0.1) is 0 Å². The van der Waals surface area contributed by atoms with Gasteiger partial charge in [-0.1, -0.05) is 389 Å². The topological polar surface area (TPSA) is 17.9 Å². The Balaban J connectivity index is 0.864. The Morgan fingerprint density at radius 3 is 0.963 bits per heavy atom. The van der Waals surface area contributed by atoms with Crippen molar-refractivity contribution in [3.8, 4) is 72.4 Å². The number of hydrogen-bond donors (Lipinski definition) is 0. The van der Waals surface area contributed by atoms with Crippen molar-refractivity contribution in [2.24, 2.45) is 0 Å². The molecule has 4 aliphatic heterocycles. The first-order valence-corrected chi connectivity index (χ1v) is 48.8. The summed E-state index contributed by atoms with van der Waals surface area (Å²) in [5.74, 6) is 0. The average Bonchev–Trinajstić information content (AvgIpc) is 1.45. The Bertz CT molecular complexity index is 8070. The Hall–Kier alpha value is -14.9. The van der Waals surface area contributed by atoms with Crippen molar-refractivity contribution in [1.82, 2.24) is 4.57 Å². The molecule has 1 aromatic heterocycles. The summed E-state index contributed by atoms with van der Waals surface area (Å²) in [6, 6.07) is 152. The van der Waals surface area contributed by atoms with Crippen molar-refractivity contribution >= 4 is 136 Å². The fourth-order valence-electron chi connectivity index (χ4n) is 24.1. The number of hydrogen-bond acceptors (Lipinski definition) is 4. The third-order valence-corrected chi connectivity index (χ3v) is 30.7. The van der Waals surface area contributed by atoms with Crippen molar-refractivity contribution in [3.63, 3.8) is 0 Å². The summed E-state index contributed by atoms with van der Waals surface area (Å²) in [5, 5.41) is 2.43. The molecule has 0 unspecified atom stereocenters. The first-order chi connectivity index (χ1) is 65.7. The quantitative estimate of drug-likeness (QED) is 0.134. The summed E-state index contributed by atoms with van der Waals surface area (Å²) in [6.45, 7) is 34.9. The van der Waals surface area contributed by atoms with Crippen molar-refractivity contribution in [3.05, 3.63) is 438 Å². The molecule has 5 heterocycles. The summed E-state index contributed by atoms with van der Waals surface area (Å²) < 4.78 is 2.57. The highest BCUT2D eigenvalue weighted by molar-refractivity contribution is 7.03. The normalized spacial score (nSPS) is 14.1. The molecule has 18 aromatic carbocycles. The van der Waals surface area contributed by atoms with Gasteiger partial charge in [0.15, 0.2) is 0 Å². The fraction of sp³-hybridized carbons (Fsp3) is 0.163. The molecule has 1 spiro atoms. The SMILES string of the molecule is CC(C)(C)c1cc(N2c3ccccc3B3c4cc5c(cc4N(c4ccc(C(C)(C)C)cc4-c4ccccc4)c4cc(-n6c7ccccc7c7ccccc76)cc2c43)N(c2ccc(C(C)(C)C)cc2-c2ccccc2)c2cc(-c3cccc4c3C3(c6ccccc6-c6ccccc63)c3ccccc3-4)cc3c2B5c2ccccc2N3c2ccc(C(C)(C)C)cc2-c2ccccc2)cc(C(C)(C)C)c1. The van der Waals surface area contributed by atoms with Crippen LogP contribution in [0.3, 0.4) is 0 Å². The molecule has 656 valence electrons. The zero-order valence-electron chi connectivity index (χ0n) is 80.3. The van der Waals surface area contributed by atoms with Crippen LogP contribution >= 0.6 is 0 Å². The van der Waals surface area contributed by atoms with Crippen LogP contribution in [0.2, 0.25) is 0 Å². The van der Waals surface area contributed by atoms with E-state index in [1.165, 1.54) is 127 Å². The monoisotopic (exact) mass is 1750 g/mol. The molecule has 0 radical (unpaired) electrons. The van der Waals surface area contributed by atoms with Crippen LogP contribution in [0.4, 0.5) is 68.2 Å². The third kappa shape index (κ3) is 12.5. The number of para-hydroxylation sites is 4. The van der Waals surface area contributed by atoms with E-state index >= 15 is 0 Å². The van der Waals surface area contributed by atoms with Gasteiger partial charge in [0.2, 0.25) is 0 Å². The Morgan fingerprint density at radius 2 is 0.537 bits per heavy atom. The van der Waals surface area contributed by atoms with Crippen LogP contribution in [0.5, 0.6) is 0 Å². The molecule has 0 atom stereocenters. The van der Waals surface area contributed by atoms with Crippen LogP contribution < -0.4 is 52.4 Å². The minimum absolute atomic E-state index is 0.165. The number of benzene rings is 18. The second-order valence-electron chi connectivity index (χ2n) is 43.9. The molecule has 0 saturated carbocycles. The second kappa shape index (κ2) is 30.0. The van der Waals surface area contributed by atoms with E-state index in [0.29, 0.717) is 0 Å². The van der Waals surface area contributed by atoms with Gasteiger partial charge in [-0.2, -0.15) is 0 Å². The Labute approximate surface area is 801 Å². The van der Waals surface area contributed by atoms with Gasteiger partial charge in [0.05, 0.1) is 39.2 Å². The Kier molecular flexibility index (Phi) is 18.3. The maximum Gasteiger partial charge on any atom is 0.252 e. The first kappa shape index (κ1) is 83.0. The number of aromatic nitrogens is 1. The van der Waals surface area contributed by atoms with Crippen LogP contribution in [-0.4, -0.2) is 18.0 Å². The summed E-state index contributed by atoms with van der Waals surface area (Å²) in [4.78, 5) is 10.9. The lowest BCUT2D eigenvalue weighted by Gasteiger charge is -2.48. The molecule has 6 aliphatic rings. The Morgan fingerprint density at radius 1 is 0.199 bits per heavy atom. The number of anilines is 12. The highest BCUT2D eigenvalue weighted by Gasteiger charge is 2.55. The minimum Gasteiger partial charge on any atom is -0.311 e. The van der Waals surface area contributed by atoms with Crippen LogP contribution in [0.25, 0.3) is 94.3 Å². The van der Waals surface area contributed by atoms with E-state index < -0.39 is 5.41 Å². The summed E-state index contributed by atoms with van der Waals surface area (Å²) in [7, 11) is 0. The van der Waals surface area contributed by atoms with E-state index in [0.717, 1.165) is 118 Å². The first-order valence-electron chi connectivity index (χ1n) is 48.8. The fourth-order valence-corrected chi connectivity index (χ4v) is 24.1. The third-order valence-electron chi connectivity index (χ3n) is 30.7. The molecule has 0 fully saturated rings. The molecular weight excluding hydrogens is 1640 g/mol. The maximum absolute atomic E-state index is 2.78. The maximum atomic E-state index is 2.78. The molecule has 0 bridgehead atoms. The minimum atomic E-state index is -0.680. The van der Waals surface area contributed by atoms with Crippen molar-refractivity contribution in [1.29, 1.82) is 0 Å². The average molecular weight is 1750 g/mol. The molecule has 0 N–H and O–H groups in total. The van der Waals surface area contributed by atoms with Crippen LogP contribution in [0, 0.1) is 0 Å². The van der Waals surface area contributed by atoms with Gasteiger partial charge in [0, 0.05) is 78.6 Å². The van der Waals surface area contributed by atoms with Gasteiger partial charge in [0.25, 0.3) is 13.4 Å². The molecule has 136 heavy (non-hydrogen) atoms. The highest BCUT2D eigenvalue weighted by Crippen LogP contribution is 2.66. The molecule has 19 aromatic rings. The number of fused-ring (bicyclic) bond motifs is 21. The van der Waals surface area contributed by atoms with Gasteiger partial charge in [-0.05, 0) is 263 Å². The van der Waals surface area contributed by atoms with E-state index in [-0.39, 0.29) is 40.5 Å². The predicted molar refractivity (Wildman–Crippen MR) is 580 cm³/mol. The van der Waals surface area contributed by atoms with E-state index in [1.54, 1.807) is 0 Å². The zero-order valence-corrected chi connectivity index (χ0v) is 80.3. The molecule has 2 aliphatic carbocycles. The molecule has 25 rings (SSSR count). The van der Waals surface area contributed by atoms with Crippen molar-refractivity contribution < 1.29 is 0 Å². The van der Waals surface area contributed by atoms with Gasteiger partial charge in [0.1, 0.15) is 0 Å². The van der Waals surface area contributed by atoms with Crippen LogP contribution in [-0.2, 0) is 32.5 Å². The summed E-state index contributed by atoms with van der Waals surface area (Å²) in [6.07, 6.45) is 0. The molecule has 7 heteroatoms. The lowest BCUT2D eigenvalue weighted by molar-refractivity contribution is 0.568. The van der Waals surface area contributed by atoms with Gasteiger partial charge >= 0.3 is 0 Å². The molecular formula is C129H109B2N5. The standard InChI is InChI=1S/C129H109B2N5/c1-124(2,3)84-62-65-110(98(73-84)80-40-19-16-20-41-80)134-114-61-38-34-57-105(114)131-106-78-107-116(79-115(106)135(111-66-63-85(125(4,5)6)74-99(111)81-42-21-17-22-43-81)118-69-83(68-117(134)122(118)131)91-51-39-52-97-94-48-27-32-55-103(94)129(121(91)97)101-53-30-25-46-92(101)93-47-26-31-54-102(93)129)136(112-67-64-86(126(7,8)9)75-100(112)82-44-23-18-24-45-82)120-77-90(132-108-58-35-28-49-95(108)96-50-29-36-59-109(96)132)76-119-123(120)130(107)104-56-33-37-60-113(104)133(119)89-71-87(127(10,11)12)70-88(72-89)128(13,14)15/h16-79H,1-15H3. The lowest BCUT2D eigenvalue weighted by atomic mass is 9.30. The van der Waals surface area contributed by atoms with Crippen molar-refractivity contribution in [2.75, 3.05) is 19.6 Å².